The molecule has 0 aliphatic carbocycles. The molecule has 0 radical (unpaired) electrons. The highest BCUT2D eigenvalue weighted by Gasteiger charge is 2.15. The second-order valence-corrected chi connectivity index (χ2v) is 4.45. The zero-order chi connectivity index (χ0) is 11.1. The summed E-state index contributed by atoms with van der Waals surface area (Å²) in [5, 5.41) is 16.0. The van der Waals surface area contributed by atoms with Crippen LogP contribution in [0.4, 0.5) is 0 Å². The fourth-order valence-corrected chi connectivity index (χ4v) is 1.82. The zero-order valence-corrected chi connectivity index (χ0v) is 9.83. The van der Waals surface area contributed by atoms with Gasteiger partial charge in [-0.15, -0.1) is 0 Å². The van der Waals surface area contributed by atoms with Crippen LogP contribution >= 0.6 is 0 Å². The molecule has 0 bridgehead atoms. The molecule has 4 nitrogen and oxygen atoms in total. The van der Waals surface area contributed by atoms with Gasteiger partial charge in [0, 0.05) is 18.6 Å². The summed E-state index contributed by atoms with van der Waals surface area (Å²) in [6, 6.07) is 0.954. The van der Waals surface area contributed by atoms with Crippen molar-refractivity contribution in [2.75, 3.05) is 26.3 Å². The first kappa shape index (κ1) is 12.9. The van der Waals surface area contributed by atoms with Gasteiger partial charge in [-0.3, -0.25) is 0 Å². The Morgan fingerprint density at radius 3 is 2.93 bits per heavy atom. The number of morpholine rings is 1. The van der Waals surface area contributed by atoms with Crippen LogP contribution in [0.1, 0.15) is 26.7 Å². The third kappa shape index (κ3) is 6.10. The summed E-state index contributed by atoms with van der Waals surface area (Å²) < 4.78 is 5.40. The van der Waals surface area contributed by atoms with Gasteiger partial charge in [-0.2, -0.15) is 0 Å². The summed E-state index contributed by atoms with van der Waals surface area (Å²) in [5.41, 5.74) is 0. The fourth-order valence-electron chi connectivity index (χ4n) is 1.82. The van der Waals surface area contributed by atoms with Gasteiger partial charge in [-0.25, -0.2) is 0 Å². The maximum atomic E-state index is 9.11. The van der Waals surface area contributed by atoms with Crippen molar-refractivity contribution in [3.8, 4) is 0 Å². The molecule has 0 amide bonds. The van der Waals surface area contributed by atoms with Crippen LogP contribution in [0.3, 0.4) is 0 Å². The summed E-state index contributed by atoms with van der Waals surface area (Å²) in [6.07, 6.45) is 1.69. The smallest absolute Gasteiger partial charge is 0.0620 e. The van der Waals surface area contributed by atoms with Crippen LogP contribution in [0, 0.1) is 0 Å². The molecule has 0 aromatic carbocycles. The van der Waals surface area contributed by atoms with E-state index in [1.165, 1.54) is 0 Å². The fraction of sp³-hybridized carbons (Fsp3) is 1.00. The summed E-state index contributed by atoms with van der Waals surface area (Å²) in [6.45, 7) is 7.50. The van der Waals surface area contributed by atoms with Gasteiger partial charge < -0.3 is 20.5 Å². The number of aliphatic hydroxyl groups excluding tert-OH is 1. The number of nitrogens with one attached hydrogen (secondary N) is 2. The van der Waals surface area contributed by atoms with Crippen molar-refractivity contribution in [1.82, 2.24) is 10.6 Å². The van der Waals surface area contributed by atoms with E-state index in [-0.39, 0.29) is 6.10 Å². The van der Waals surface area contributed by atoms with Crippen LogP contribution in [0.5, 0.6) is 0 Å². The molecule has 1 aliphatic rings. The third-order valence-corrected chi connectivity index (χ3v) is 2.69. The van der Waals surface area contributed by atoms with Gasteiger partial charge in [0.05, 0.1) is 19.3 Å². The molecule has 4 heteroatoms. The lowest BCUT2D eigenvalue weighted by Gasteiger charge is -2.26. The highest BCUT2D eigenvalue weighted by Crippen LogP contribution is 2.02. The Bertz CT molecular complexity index is 159. The second kappa shape index (κ2) is 7.17. The molecule has 1 fully saturated rings. The van der Waals surface area contributed by atoms with E-state index in [2.05, 4.69) is 17.6 Å². The molecule has 0 saturated carbocycles. The molecule has 15 heavy (non-hydrogen) atoms. The first-order chi connectivity index (χ1) is 7.18. The normalized spacial score (nSPS) is 26.2. The van der Waals surface area contributed by atoms with Crippen LogP contribution in [-0.2, 0) is 4.74 Å². The van der Waals surface area contributed by atoms with Crippen molar-refractivity contribution in [2.24, 2.45) is 0 Å². The lowest BCUT2D eigenvalue weighted by atomic mass is 10.1. The molecule has 3 N–H and O–H groups in total. The Morgan fingerprint density at radius 2 is 2.33 bits per heavy atom. The van der Waals surface area contributed by atoms with Crippen molar-refractivity contribution < 1.29 is 9.84 Å². The molecule has 0 aromatic heterocycles. The number of hydrogen-bond acceptors (Lipinski definition) is 4. The van der Waals surface area contributed by atoms with E-state index in [1.54, 1.807) is 0 Å². The summed E-state index contributed by atoms with van der Waals surface area (Å²) >= 11 is 0. The highest BCUT2D eigenvalue weighted by atomic mass is 16.5. The lowest BCUT2D eigenvalue weighted by molar-refractivity contribution is 0.0710. The Hall–Kier alpha value is -0.160. The van der Waals surface area contributed by atoms with Crippen LogP contribution in [0.2, 0.25) is 0 Å². The Labute approximate surface area is 92.4 Å². The SMILES string of the molecule is CC(O)CCNC(C)CC1COCCN1. The quantitative estimate of drug-likeness (QED) is 0.590. The molecule has 1 aliphatic heterocycles. The van der Waals surface area contributed by atoms with Crippen molar-refractivity contribution in [1.29, 1.82) is 0 Å². The Kier molecular flexibility index (Phi) is 6.17. The highest BCUT2D eigenvalue weighted by molar-refractivity contribution is 4.75. The van der Waals surface area contributed by atoms with Crippen molar-refractivity contribution in [2.45, 2.75) is 44.9 Å². The first-order valence-corrected chi connectivity index (χ1v) is 5.91. The summed E-state index contributed by atoms with van der Waals surface area (Å²) in [7, 11) is 0. The largest absolute Gasteiger partial charge is 0.393 e. The van der Waals surface area contributed by atoms with Crippen LogP contribution < -0.4 is 10.6 Å². The van der Waals surface area contributed by atoms with Crippen molar-refractivity contribution in [3.63, 3.8) is 0 Å². The van der Waals surface area contributed by atoms with Gasteiger partial charge in [0.15, 0.2) is 0 Å². The first-order valence-electron chi connectivity index (χ1n) is 5.91. The van der Waals surface area contributed by atoms with Gasteiger partial charge in [-0.05, 0) is 33.2 Å². The van der Waals surface area contributed by atoms with Crippen molar-refractivity contribution >= 4 is 0 Å². The molecule has 1 saturated heterocycles. The van der Waals surface area contributed by atoms with Gasteiger partial charge in [0.2, 0.25) is 0 Å². The maximum Gasteiger partial charge on any atom is 0.0620 e. The minimum atomic E-state index is -0.208. The standard InChI is InChI=1S/C11H24N2O2/c1-9(12-4-3-10(2)14)7-11-8-15-6-5-13-11/h9-14H,3-8H2,1-2H3. The summed E-state index contributed by atoms with van der Waals surface area (Å²) in [5.74, 6) is 0. The van der Waals surface area contributed by atoms with Crippen LogP contribution in [0.25, 0.3) is 0 Å². The molecule has 1 rings (SSSR count). The topological polar surface area (TPSA) is 53.5 Å². The predicted octanol–water partition coefficient (Wildman–Crippen LogP) is 0.114. The number of hydrogen-bond donors (Lipinski definition) is 3. The maximum absolute atomic E-state index is 9.11. The number of ether oxygens (including phenoxy) is 1. The molecule has 0 aromatic rings. The molecule has 1 heterocycles. The Balaban J connectivity index is 2.03. The van der Waals surface area contributed by atoms with Crippen LogP contribution in [-0.4, -0.2) is 49.6 Å². The lowest BCUT2D eigenvalue weighted by Crippen LogP contribution is -2.45. The van der Waals surface area contributed by atoms with E-state index < -0.39 is 0 Å². The monoisotopic (exact) mass is 216 g/mol. The average molecular weight is 216 g/mol. The van der Waals surface area contributed by atoms with Gasteiger partial charge in [0.1, 0.15) is 0 Å². The van der Waals surface area contributed by atoms with Crippen molar-refractivity contribution in [3.05, 3.63) is 0 Å². The average Bonchev–Trinajstić information content (AvgIpc) is 2.18. The minimum Gasteiger partial charge on any atom is -0.393 e. The van der Waals surface area contributed by atoms with E-state index in [0.29, 0.717) is 12.1 Å². The predicted molar refractivity (Wildman–Crippen MR) is 61.0 cm³/mol. The third-order valence-electron chi connectivity index (χ3n) is 2.69. The molecule has 3 atom stereocenters. The van der Waals surface area contributed by atoms with Gasteiger partial charge >= 0.3 is 0 Å². The zero-order valence-electron chi connectivity index (χ0n) is 9.83. The number of aliphatic hydroxyl groups is 1. The van der Waals surface area contributed by atoms with Gasteiger partial charge in [-0.1, -0.05) is 0 Å². The molecule has 90 valence electrons. The summed E-state index contributed by atoms with van der Waals surface area (Å²) in [4.78, 5) is 0. The van der Waals surface area contributed by atoms with E-state index in [0.717, 1.165) is 39.1 Å². The molecule has 3 unspecified atom stereocenters. The number of rotatable bonds is 6. The van der Waals surface area contributed by atoms with E-state index in [9.17, 15) is 0 Å². The van der Waals surface area contributed by atoms with E-state index >= 15 is 0 Å². The molecular weight excluding hydrogens is 192 g/mol. The minimum absolute atomic E-state index is 0.208. The Morgan fingerprint density at radius 1 is 1.53 bits per heavy atom. The van der Waals surface area contributed by atoms with Crippen LogP contribution in [0.15, 0.2) is 0 Å². The van der Waals surface area contributed by atoms with E-state index in [1.807, 2.05) is 6.92 Å². The second-order valence-electron chi connectivity index (χ2n) is 4.45. The molecular formula is C11H24N2O2. The van der Waals surface area contributed by atoms with E-state index in [4.69, 9.17) is 9.84 Å². The van der Waals surface area contributed by atoms with Gasteiger partial charge in [0.25, 0.3) is 0 Å². The molecule has 0 spiro atoms.